The molecule has 0 heterocycles. The summed E-state index contributed by atoms with van der Waals surface area (Å²) in [6, 6.07) is 0. The number of esters is 1. The molecule has 0 aliphatic carbocycles. The van der Waals surface area contributed by atoms with Crippen molar-refractivity contribution in [2.24, 2.45) is 5.92 Å². The second kappa shape index (κ2) is 6.35. The first-order valence-corrected chi connectivity index (χ1v) is 4.80. The molecule has 0 spiro atoms. The van der Waals surface area contributed by atoms with Crippen LogP contribution in [-0.4, -0.2) is 19.3 Å². The Morgan fingerprint density at radius 2 is 1.94 bits per heavy atom. The lowest BCUT2D eigenvalue weighted by atomic mass is 10.1. The molecule has 0 aromatic heterocycles. The van der Waals surface area contributed by atoms with Gasteiger partial charge >= 0.3 is 12.1 Å². The summed E-state index contributed by atoms with van der Waals surface area (Å²) in [4.78, 5) is 10.7. The van der Waals surface area contributed by atoms with E-state index >= 15 is 0 Å². The minimum atomic E-state index is -4.54. The summed E-state index contributed by atoms with van der Waals surface area (Å²) in [6.07, 6.45) is -1.28. The fraction of sp³-hybridized carbons (Fsp3) is 0.545. The summed E-state index contributed by atoms with van der Waals surface area (Å²) < 4.78 is 41.4. The Bertz CT molecular complexity index is 288. The van der Waals surface area contributed by atoms with Crippen molar-refractivity contribution in [1.29, 1.82) is 0 Å². The average Bonchev–Trinajstić information content (AvgIpc) is 2.13. The maximum Gasteiger partial charge on any atom is 0.416 e. The molecule has 0 N–H and O–H groups in total. The van der Waals surface area contributed by atoms with Crippen molar-refractivity contribution >= 4 is 5.97 Å². The molecule has 0 bridgehead atoms. The first kappa shape index (κ1) is 14.7. The van der Waals surface area contributed by atoms with Gasteiger partial charge in [-0.2, -0.15) is 13.2 Å². The monoisotopic (exact) mass is 236 g/mol. The number of ether oxygens (including phenoxy) is 1. The summed E-state index contributed by atoms with van der Waals surface area (Å²) in [7, 11) is 1.03. The van der Waals surface area contributed by atoms with Crippen LogP contribution in [0.2, 0.25) is 0 Å². The molecular weight excluding hydrogens is 221 g/mol. The van der Waals surface area contributed by atoms with Crippen molar-refractivity contribution in [2.45, 2.75) is 26.4 Å². The van der Waals surface area contributed by atoms with Gasteiger partial charge in [0, 0.05) is 6.08 Å². The first-order valence-electron chi connectivity index (χ1n) is 4.80. The Hall–Kier alpha value is -1.26. The minimum Gasteiger partial charge on any atom is -0.466 e. The van der Waals surface area contributed by atoms with Crippen LogP contribution in [0.1, 0.15) is 20.3 Å². The third kappa shape index (κ3) is 6.27. The summed E-state index contributed by atoms with van der Waals surface area (Å²) in [6.45, 7) is 3.78. The Kier molecular flexibility index (Phi) is 5.85. The summed E-state index contributed by atoms with van der Waals surface area (Å²) >= 11 is 0. The highest BCUT2D eigenvalue weighted by atomic mass is 19.4. The molecule has 0 aliphatic heterocycles. The van der Waals surface area contributed by atoms with Gasteiger partial charge in [-0.3, -0.25) is 0 Å². The van der Waals surface area contributed by atoms with Gasteiger partial charge in [0.1, 0.15) is 0 Å². The molecule has 0 amide bonds. The Balaban J connectivity index is 4.77. The number of alkyl halides is 3. The van der Waals surface area contributed by atoms with E-state index in [0.29, 0.717) is 12.5 Å². The zero-order valence-electron chi connectivity index (χ0n) is 9.47. The van der Waals surface area contributed by atoms with Crippen LogP contribution >= 0.6 is 0 Å². The van der Waals surface area contributed by atoms with Crippen LogP contribution in [0.4, 0.5) is 13.2 Å². The van der Waals surface area contributed by atoms with Crippen LogP contribution in [0.15, 0.2) is 23.8 Å². The lowest BCUT2D eigenvalue weighted by Crippen LogP contribution is -2.12. The number of rotatable bonds is 4. The second-order valence-corrected chi connectivity index (χ2v) is 3.65. The lowest BCUT2D eigenvalue weighted by Gasteiger charge is -2.07. The van der Waals surface area contributed by atoms with Gasteiger partial charge in [-0.25, -0.2) is 4.79 Å². The second-order valence-electron chi connectivity index (χ2n) is 3.65. The smallest absolute Gasteiger partial charge is 0.416 e. The molecule has 0 atom stereocenters. The van der Waals surface area contributed by atoms with Gasteiger partial charge < -0.3 is 4.74 Å². The average molecular weight is 236 g/mol. The van der Waals surface area contributed by atoms with Gasteiger partial charge in [0.2, 0.25) is 0 Å². The molecule has 2 nitrogen and oxygen atoms in total. The molecule has 0 aliphatic rings. The molecule has 16 heavy (non-hydrogen) atoms. The summed E-state index contributed by atoms with van der Waals surface area (Å²) in [5, 5.41) is 0. The number of hydrogen-bond donors (Lipinski definition) is 0. The molecule has 0 unspecified atom stereocenters. The molecule has 92 valence electrons. The van der Waals surface area contributed by atoms with Crippen molar-refractivity contribution in [2.75, 3.05) is 7.11 Å². The Morgan fingerprint density at radius 1 is 1.38 bits per heavy atom. The Morgan fingerprint density at radius 3 is 2.31 bits per heavy atom. The fourth-order valence-corrected chi connectivity index (χ4v) is 0.878. The lowest BCUT2D eigenvalue weighted by molar-refractivity contribution is -0.135. The molecular formula is C11H15F3O2. The van der Waals surface area contributed by atoms with Gasteiger partial charge in [-0.1, -0.05) is 26.0 Å². The molecule has 0 radical (unpaired) electrons. The fourth-order valence-electron chi connectivity index (χ4n) is 0.878. The zero-order chi connectivity index (χ0) is 12.8. The summed E-state index contributed by atoms with van der Waals surface area (Å²) in [5.74, 6) is -0.745. The van der Waals surface area contributed by atoms with Crippen LogP contribution in [-0.2, 0) is 9.53 Å². The third-order valence-electron chi connectivity index (χ3n) is 1.71. The van der Waals surface area contributed by atoms with Crippen molar-refractivity contribution in [3.8, 4) is 0 Å². The van der Waals surface area contributed by atoms with Crippen molar-refractivity contribution in [3.63, 3.8) is 0 Å². The standard InChI is InChI=1S/C11H15F3O2/c1-8(2)5-4-6-9(11(12,13)14)7-10(15)16-3/h4,6-8H,5H2,1-3H3. The molecule has 0 aromatic carbocycles. The molecule has 0 fully saturated rings. The molecule has 5 heteroatoms. The minimum absolute atomic E-state index is 0.267. The van der Waals surface area contributed by atoms with E-state index in [1.54, 1.807) is 0 Å². The van der Waals surface area contributed by atoms with Crippen LogP contribution < -0.4 is 0 Å². The SMILES string of the molecule is COC(=O)C=C(C=CCC(C)C)C(F)(F)F. The number of methoxy groups -OCH3 is 1. The molecule has 0 saturated heterocycles. The van der Waals surface area contributed by atoms with Crippen LogP contribution in [0.5, 0.6) is 0 Å². The predicted molar refractivity (Wildman–Crippen MR) is 54.7 cm³/mol. The quantitative estimate of drug-likeness (QED) is 0.425. The van der Waals surface area contributed by atoms with E-state index in [0.717, 1.165) is 13.2 Å². The van der Waals surface area contributed by atoms with Gasteiger partial charge in [0.05, 0.1) is 12.7 Å². The number of carbonyl (C=O) groups excluding carboxylic acids is 1. The van der Waals surface area contributed by atoms with Crippen LogP contribution in [0, 0.1) is 5.92 Å². The third-order valence-corrected chi connectivity index (χ3v) is 1.71. The molecule has 0 rings (SSSR count). The number of hydrogen-bond acceptors (Lipinski definition) is 2. The molecule has 0 aromatic rings. The van der Waals surface area contributed by atoms with Gasteiger partial charge in [0.25, 0.3) is 0 Å². The van der Waals surface area contributed by atoms with Gasteiger partial charge in [-0.15, -0.1) is 0 Å². The number of halogens is 3. The highest BCUT2D eigenvalue weighted by molar-refractivity contribution is 5.83. The zero-order valence-corrected chi connectivity index (χ0v) is 9.47. The van der Waals surface area contributed by atoms with E-state index in [2.05, 4.69) is 4.74 Å². The van der Waals surface area contributed by atoms with E-state index in [4.69, 9.17) is 0 Å². The van der Waals surface area contributed by atoms with E-state index < -0.39 is 17.7 Å². The van der Waals surface area contributed by atoms with E-state index in [9.17, 15) is 18.0 Å². The molecule has 0 saturated carbocycles. The van der Waals surface area contributed by atoms with Gasteiger partial charge in [-0.05, 0) is 12.3 Å². The van der Waals surface area contributed by atoms with Crippen molar-refractivity contribution in [1.82, 2.24) is 0 Å². The highest BCUT2D eigenvalue weighted by Gasteiger charge is 2.32. The number of carbonyl (C=O) groups is 1. The van der Waals surface area contributed by atoms with Gasteiger partial charge in [0.15, 0.2) is 0 Å². The maximum absolute atomic E-state index is 12.4. The van der Waals surface area contributed by atoms with Crippen LogP contribution in [0.3, 0.4) is 0 Å². The first-order chi connectivity index (χ1) is 7.27. The topological polar surface area (TPSA) is 26.3 Å². The van der Waals surface area contributed by atoms with E-state index in [-0.39, 0.29) is 5.92 Å². The number of allylic oxidation sites excluding steroid dienone is 3. The van der Waals surface area contributed by atoms with Crippen molar-refractivity contribution < 1.29 is 22.7 Å². The highest BCUT2D eigenvalue weighted by Crippen LogP contribution is 2.26. The van der Waals surface area contributed by atoms with Crippen molar-refractivity contribution in [3.05, 3.63) is 23.8 Å². The normalized spacial score (nSPS) is 13.6. The maximum atomic E-state index is 12.4. The van der Waals surface area contributed by atoms with Crippen LogP contribution in [0.25, 0.3) is 0 Å². The largest absolute Gasteiger partial charge is 0.466 e. The van der Waals surface area contributed by atoms with E-state index in [1.807, 2.05) is 13.8 Å². The van der Waals surface area contributed by atoms with E-state index in [1.165, 1.54) is 6.08 Å². The predicted octanol–water partition coefficient (Wildman–Crippen LogP) is 3.25. The Labute approximate surface area is 92.8 Å². The summed E-state index contributed by atoms with van der Waals surface area (Å²) in [5.41, 5.74) is -1.000.